The normalized spacial score (nSPS) is 10.1. The molecule has 2 aromatic rings. The molecule has 1 aromatic carbocycles. The molecule has 0 bridgehead atoms. The molecule has 18 heavy (non-hydrogen) atoms. The Morgan fingerprint density at radius 1 is 1.22 bits per heavy atom. The van der Waals surface area contributed by atoms with Crippen LogP contribution in [0.4, 0.5) is 5.69 Å². The maximum atomic E-state index is 12.3. The van der Waals surface area contributed by atoms with Crippen molar-refractivity contribution in [2.75, 3.05) is 11.9 Å². The Hall–Kier alpha value is -2.20. The molecule has 0 saturated heterocycles. The van der Waals surface area contributed by atoms with Crippen LogP contribution < -0.4 is 10.6 Å². The number of carbonyl (C=O) groups excluding carboxylic acids is 1. The number of carbonyl (C=O) groups is 1. The topological polar surface area (TPSA) is 59.2 Å². The lowest BCUT2D eigenvalue weighted by atomic mass is 10.1. The van der Waals surface area contributed by atoms with Gasteiger partial charge in [0, 0.05) is 37.2 Å². The number of pyridine rings is 1. The zero-order valence-corrected chi connectivity index (χ0v) is 10.2. The van der Waals surface area contributed by atoms with Gasteiger partial charge in [-0.15, -0.1) is 0 Å². The molecule has 0 aliphatic heterocycles. The van der Waals surface area contributed by atoms with E-state index in [2.05, 4.69) is 4.98 Å². The third kappa shape index (κ3) is 2.38. The molecule has 0 fully saturated rings. The largest absolute Gasteiger partial charge is 0.326 e. The number of rotatable bonds is 3. The highest BCUT2D eigenvalue weighted by Crippen LogP contribution is 2.20. The van der Waals surface area contributed by atoms with E-state index in [-0.39, 0.29) is 5.91 Å². The van der Waals surface area contributed by atoms with E-state index in [4.69, 9.17) is 5.73 Å². The number of aromatic nitrogens is 1. The van der Waals surface area contributed by atoms with Crippen molar-refractivity contribution in [1.82, 2.24) is 4.98 Å². The summed E-state index contributed by atoms with van der Waals surface area (Å²) in [5, 5.41) is 0. The van der Waals surface area contributed by atoms with Gasteiger partial charge in [0.25, 0.3) is 5.91 Å². The van der Waals surface area contributed by atoms with Crippen LogP contribution in [0.25, 0.3) is 0 Å². The quantitative estimate of drug-likeness (QED) is 0.891. The summed E-state index contributed by atoms with van der Waals surface area (Å²) in [5.74, 6) is -0.0710. The second kappa shape index (κ2) is 5.42. The summed E-state index contributed by atoms with van der Waals surface area (Å²) >= 11 is 0. The average Bonchev–Trinajstić information content (AvgIpc) is 2.46. The van der Waals surface area contributed by atoms with Gasteiger partial charge in [0.05, 0.1) is 0 Å². The molecule has 2 rings (SSSR count). The Bertz CT molecular complexity index is 540. The van der Waals surface area contributed by atoms with Crippen LogP contribution >= 0.6 is 0 Å². The van der Waals surface area contributed by atoms with Crippen molar-refractivity contribution in [2.45, 2.75) is 6.54 Å². The van der Waals surface area contributed by atoms with Gasteiger partial charge >= 0.3 is 0 Å². The Balaban J connectivity index is 2.31. The van der Waals surface area contributed by atoms with E-state index in [1.165, 1.54) is 0 Å². The molecule has 0 saturated carbocycles. The number of nitrogens with zero attached hydrogens (tertiary/aromatic N) is 2. The highest BCUT2D eigenvalue weighted by atomic mass is 16.2. The van der Waals surface area contributed by atoms with Gasteiger partial charge in [0.15, 0.2) is 0 Å². The van der Waals surface area contributed by atoms with Crippen molar-refractivity contribution in [3.63, 3.8) is 0 Å². The molecule has 4 heteroatoms. The molecule has 0 radical (unpaired) electrons. The Labute approximate surface area is 106 Å². The average molecular weight is 241 g/mol. The van der Waals surface area contributed by atoms with Gasteiger partial charge in [-0.3, -0.25) is 9.78 Å². The first-order valence-corrected chi connectivity index (χ1v) is 5.70. The second-order valence-electron chi connectivity index (χ2n) is 3.93. The summed E-state index contributed by atoms with van der Waals surface area (Å²) in [6.45, 7) is 0.407. The monoisotopic (exact) mass is 241 g/mol. The lowest BCUT2D eigenvalue weighted by Gasteiger charge is -2.20. The van der Waals surface area contributed by atoms with E-state index in [1.54, 1.807) is 36.5 Å². The first-order chi connectivity index (χ1) is 8.74. The number of benzene rings is 1. The van der Waals surface area contributed by atoms with Gasteiger partial charge in [-0.25, -0.2) is 0 Å². The highest BCUT2D eigenvalue weighted by molar-refractivity contribution is 6.06. The zero-order valence-electron chi connectivity index (χ0n) is 10.2. The van der Waals surface area contributed by atoms with Crippen molar-refractivity contribution in [2.24, 2.45) is 5.73 Å². The number of para-hydroxylation sites is 1. The molecule has 1 heterocycles. The van der Waals surface area contributed by atoms with E-state index >= 15 is 0 Å². The van der Waals surface area contributed by atoms with Crippen LogP contribution in [0.5, 0.6) is 0 Å². The smallest absolute Gasteiger partial charge is 0.258 e. The fourth-order valence-electron chi connectivity index (χ4n) is 1.81. The molecule has 0 aliphatic rings. The molecule has 2 N–H and O–H groups in total. The highest BCUT2D eigenvalue weighted by Gasteiger charge is 2.15. The SMILES string of the molecule is CN(C(=O)c1ccncc1)c1ccccc1CN. The Morgan fingerprint density at radius 2 is 1.89 bits per heavy atom. The minimum Gasteiger partial charge on any atom is -0.326 e. The van der Waals surface area contributed by atoms with E-state index in [0.29, 0.717) is 12.1 Å². The lowest BCUT2D eigenvalue weighted by Crippen LogP contribution is -2.27. The third-order valence-electron chi connectivity index (χ3n) is 2.80. The van der Waals surface area contributed by atoms with Crippen LogP contribution in [0.1, 0.15) is 15.9 Å². The minimum absolute atomic E-state index is 0.0710. The molecule has 1 amide bonds. The van der Waals surface area contributed by atoms with Crippen LogP contribution in [-0.4, -0.2) is 17.9 Å². The standard InChI is InChI=1S/C14H15N3O/c1-17(13-5-3-2-4-12(13)10-15)14(18)11-6-8-16-9-7-11/h2-9H,10,15H2,1H3. The zero-order chi connectivity index (χ0) is 13.0. The van der Waals surface area contributed by atoms with Crippen molar-refractivity contribution >= 4 is 11.6 Å². The van der Waals surface area contributed by atoms with E-state index in [1.807, 2.05) is 24.3 Å². The second-order valence-corrected chi connectivity index (χ2v) is 3.93. The van der Waals surface area contributed by atoms with Gasteiger partial charge in [-0.1, -0.05) is 18.2 Å². The van der Waals surface area contributed by atoms with Crippen molar-refractivity contribution in [3.8, 4) is 0 Å². The predicted molar refractivity (Wildman–Crippen MR) is 71.3 cm³/mol. The van der Waals surface area contributed by atoms with Gasteiger partial charge < -0.3 is 10.6 Å². The predicted octanol–water partition coefficient (Wildman–Crippen LogP) is 1.82. The maximum Gasteiger partial charge on any atom is 0.258 e. The number of amides is 1. The van der Waals surface area contributed by atoms with Crippen LogP contribution in [0, 0.1) is 0 Å². The summed E-state index contributed by atoms with van der Waals surface area (Å²) in [5.41, 5.74) is 8.07. The number of anilines is 1. The van der Waals surface area contributed by atoms with Gasteiger partial charge in [0.1, 0.15) is 0 Å². The lowest BCUT2D eigenvalue weighted by molar-refractivity contribution is 0.0992. The fraction of sp³-hybridized carbons (Fsp3) is 0.143. The number of nitrogens with two attached hydrogens (primary N) is 1. The molecule has 1 aromatic heterocycles. The molecule has 0 atom stereocenters. The first-order valence-electron chi connectivity index (χ1n) is 5.70. The van der Waals surface area contributed by atoms with Crippen LogP contribution in [-0.2, 0) is 6.54 Å². The molecule has 92 valence electrons. The van der Waals surface area contributed by atoms with Crippen LogP contribution in [0.2, 0.25) is 0 Å². The number of hydrogen-bond acceptors (Lipinski definition) is 3. The molecule has 0 aliphatic carbocycles. The van der Waals surface area contributed by atoms with Crippen LogP contribution in [0.15, 0.2) is 48.8 Å². The summed E-state index contributed by atoms with van der Waals surface area (Å²) < 4.78 is 0. The van der Waals surface area contributed by atoms with Crippen molar-refractivity contribution < 1.29 is 4.79 Å². The van der Waals surface area contributed by atoms with E-state index in [9.17, 15) is 4.79 Å². The van der Waals surface area contributed by atoms with Crippen molar-refractivity contribution in [1.29, 1.82) is 0 Å². The molecule has 4 nitrogen and oxygen atoms in total. The Morgan fingerprint density at radius 3 is 2.56 bits per heavy atom. The summed E-state index contributed by atoms with van der Waals surface area (Å²) in [4.78, 5) is 17.8. The van der Waals surface area contributed by atoms with E-state index < -0.39 is 0 Å². The summed E-state index contributed by atoms with van der Waals surface area (Å²) in [6.07, 6.45) is 3.21. The number of hydrogen-bond donors (Lipinski definition) is 1. The van der Waals surface area contributed by atoms with Crippen molar-refractivity contribution in [3.05, 3.63) is 59.9 Å². The first kappa shape index (κ1) is 12.3. The van der Waals surface area contributed by atoms with Gasteiger partial charge in [-0.2, -0.15) is 0 Å². The molecule has 0 spiro atoms. The molecule has 0 unspecified atom stereocenters. The van der Waals surface area contributed by atoms with Gasteiger partial charge in [0.2, 0.25) is 0 Å². The van der Waals surface area contributed by atoms with E-state index in [0.717, 1.165) is 11.3 Å². The minimum atomic E-state index is -0.0710. The fourth-order valence-corrected chi connectivity index (χ4v) is 1.81. The summed E-state index contributed by atoms with van der Waals surface area (Å²) in [7, 11) is 1.75. The molecular weight excluding hydrogens is 226 g/mol. The summed E-state index contributed by atoms with van der Waals surface area (Å²) in [6, 6.07) is 11.0. The van der Waals surface area contributed by atoms with Crippen LogP contribution in [0.3, 0.4) is 0 Å². The van der Waals surface area contributed by atoms with Gasteiger partial charge in [-0.05, 0) is 23.8 Å². The third-order valence-corrected chi connectivity index (χ3v) is 2.80. The maximum absolute atomic E-state index is 12.3. The molecular formula is C14H15N3O. The Kier molecular flexibility index (Phi) is 3.69.